The first-order chi connectivity index (χ1) is 13.4. The zero-order chi connectivity index (χ0) is 19.8. The van der Waals surface area contributed by atoms with Crippen LogP contribution in [-0.2, 0) is 0 Å². The lowest BCUT2D eigenvalue weighted by atomic mass is 9.89. The highest BCUT2D eigenvalue weighted by Gasteiger charge is 2.23. The molecular weight excluding hydrogens is 411 g/mol. The van der Waals surface area contributed by atoms with E-state index in [1.54, 1.807) is 6.07 Å². The summed E-state index contributed by atoms with van der Waals surface area (Å²) < 4.78 is 2.14. The number of nitrogens with two attached hydrogens (primary N) is 1. The Labute approximate surface area is 180 Å². The van der Waals surface area contributed by atoms with Crippen molar-refractivity contribution < 1.29 is 0 Å². The van der Waals surface area contributed by atoms with Crippen molar-refractivity contribution in [3.8, 4) is 5.69 Å². The van der Waals surface area contributed by atoms with Crippen molar-refractivity contribution in [3.05, 3.63) is 58.2 Å². The topological polar surface area (TPSA) is 46.2 Å². The Morgan fingerprint density at radius 3 is 2.64 bits per heavy atom. The van der Waals surface area contributed by atoms with Crippen LogP contribution in [0.4, 0.5) is 5.69 Å². The fourth-order valence-electron chi connectivity index (χ4n) is 4.00. The molecule has 0 radical (unpaired) electrons. The van der Waals surface area contributed by atoms with E-state index in [0.717, 1.165) is 42.8 Å². The van der Waals surface area contributed by atoms with Gasteiger partial charge in [0, 0.05) is 17.3 Å². The van der Waals surface area contributed by atoms with Crippen LogP contribution in [0.3, 0.4) is 0 Å². The van der Waals surface area contributed by atoms with Crippen molar-refractivity contribution in [1.29, 1.82) is 0 Å². The molecule has 1 aliphatic heterocycles. The molecule has 0 aliphatic carbocycles. The first-order valence-corrected chi connectivity index (χ1v) is 10.4. The first kappa shape index (κ1) is 19.5. The van der Waals surface area contributed by atoms with Gasteiger partial charge in [0.1, 0.15) is 0 Å². The van der Waals surface area contributed by atoms with E-state index >= 15 is 0 Å². The number of anilines is 1. The van der Waals surface area contributed by atoms with Gasteiger partial charge in [-0.2, -0.15) is 0 Å². The van der Waals surface area contributed by atoms with E-state index in [2.05, 4.69) is 40.2 Å². The first-order valence-electron chi connectivity index (χ1n) is 9.28. The van der Waals surface area contributed by atoms with Gasteiger partial charge < -0.3 is 20.5 Å². The summed E-state index contributed by atoms with van der Waals surface area (Å²) in [4.78, 5) is 2.38. The smallest absolute Gasteiger partial charge is 0.168 e. The van der Waals surface area contributed by atoms with Gasteiger partial charge in [0.05, 0.1) is 21.2 Å². The normalized spacial score (nSPS) is 15.8. The number of hydrogen-bond acceptors (Lipinski definition) is 2. The molecule has 28 heavy (non-hydrogen) atoms. The lowest BCUT2D eigenvalue weighted by molar-refractivity contribution is 0.256. The van der Waals surface area contributed by atoms with E-state index < -0.39 is 0 Å². The Balaban J connectivity index is 1.88. The van der Waals surface area contributed by atoms with E-state index in [1.165, 1.54) is 10.9 Å². The van der Waals surface area contributed by atoms with Crippen LogP contribution in [0, 0.1) is 0 Å². The van der Waals surface area contributed by atoms with Crippen LogP contribution in [0.1, 0.15) is 24.3 Å². The largest absolute Gasteiger partial charge is 0.376 e. The molecule has 1 aliphatic rings. The van der Waals surface area contributed by atoms with Gasteiger partial charge in [-0.15, -0.1) is 0 Å². The lowest BCUT2D eigenvalue weighted by Gasteiger charge is -2.28. The fourth-order valence-corrected chi connectivity index (χ4v) is 4.50. The third-order valence-corrected chi connectivity index (χ3v) is 6.36. The summed E-state index contributed by atoms with van der Waals surface area (Å²) >= 11 is 17.8. The van der Waals surface area contributed by atoms with Gasteiger partial charge in [0.25, 0.3) is 0 Å². The minimum Gasteiger partial charge on any atom is -0.376 e. The highest BCUT2D eigenvalue weighted by Crippen LogP contribution is 2.38. The maximum absolute atomic E-state index is 6.54. The van der Waals surface area contributed by atoms with Gasteiger partial charge in [-0.05, 0) is 87.0 Å². The summed E-state index contributed by atoms with van der Waals surface area (Å²) in [6.07, 6.45) is 4.47. The van der Waals surface area contributed by atoms with Gasteiger partial charge in [-0.25, -0.2) is 0 Å². The van der Waals surface area contributed by atoms with E-state index in [4.69, 9.17) is 41.2 Å². The quantitative estimate of drug-likeness (QED) is 0.543. The Morgan fingerprint density at radius 1 is 1.18 bits per heavy atom. The fraction of sp³-hybridized carbons (Fsp3) is 0.286. The Kier molecular flexibility index (Phi) is 5.52. The number of aromatic nitrogens is 1. The average molecular weight is 433 g/mol. The summed E-state index contributed by atoms with van der Waals surface area (Å²) in [5, 5.41) is 5.60. The van der Waals surface area contributed by atoms with Crippen molar-refractivity contribution in [3.63, 3.8) is 0 Å². The summed E-state index contributed by atoms with van der Waals surface area (Å²) in [6, 6.07) is 11.9. The third-order valence-electron chi connectivity index (χ3n) is 5.45. The molecular formula is C21H22Cl2N4S. The summed E-state index contributed by atoms with van der Waals surface area (Å²) in [6.45, 7) is 2.19. The van der Waals surface area contributed by atoms with Gasteiger partial charge in [-0.1, -0.05) is 29.3 Å². The van der Waals surface area contributed by atoms with Crippen LogP contribution in [0.2, 0.25) is 10.0 Å². The van der Waals surface area contributed by atoms with E-state index in [1.807, 2.05) is 18.2 Å². The number of fused-ring (bicyclic) bond motifs is 1. The van der Waals surface area contributed by atoms with E-state index in [-0.39, 0.29) is 5.11 Å². The number of benzene rings is 2. The number of nitrogens with one attached hydrogen (secondary N) is 1. The second-order valence-corrected chi connectivity index (χ2v) is 8.55. The van der Waals surface area contributed by atoms with Gasteiger partial charge in [0.15, 0.2) is 5.11 Å². The maximum Gasteiger partial charge on any atom is 0.168 e. The van der Waals surface area contributed by atoms with Gasteiger partial charge in [-0.3, -0.25) is 0 Å². The summed E-state index contributed by atoms with van der Waals surface area (Å²) in [5.74, 6) is 0.498. The highest BCUT2D eigenvalue weighted by atomic mass is 35.5. The Morgan fingerprint density at radius 2 is 1.93 bits per heavy atom. The number of rotatable bonds is 3. The molecule has 0 spiro atoms. The molecule has 1 fully saturated rings. The monoisotopic (exact) mass is 432 g/mol. The number of thiocarbonyl (C=S) groups is 1. The second kappa shape index (κ2) is 7.91. The third kappa shape index (κ3) is 3.72. The Hall–Kier alpha value is -1.79. The molecule has 4 rings (SSSR count). The lowest BCUT2D eigenvalue weighted by Crippen LogP contribution is -2.29. The SMILES string of the molecule is CN1CCC(c2cn(-c3cccc(Cl)c3Cl)c3ccc(NC(N)=S)cc23)CC1. The minimum atomic E-state index is 0.262. The molecule has 2 aromatic carbocycles. The summed E-state index contributed by atoms with van der Waals surface area (Å²) in [5.41, 5.74) is 9.86. The highest BCUT2D eigenvalue weighted by molar-refractivity contribution is 7.80. The molecule has 3 N–H and O–H groups in total. The standard InChI is InChI=1S/C21H22Cl2N4S/c1-26-9-7-13(8-10-26)16-12-27(19-4-2-3-17(22)20(19)23)18-6-5-14(11-15(16)18)25-21(24)28/h2-6,11-13H,7-10H2,1H3,(H3,24,25,28). The van der Waals surface area contributed by atoms with Crippen molar-refractivity contribution in [1.82, 2.24) is 9.47 Å². The minimum absolute atomic E-state index is 0.262. The molecule has 0 atom stereocenters. The number of nitrogens with zero attached hydrogens (tertiary/aromatic N) is 2. The van der Waals surface area contributed by atoms with Crippen LogP contribution in [-0.4, -0.2) is 34.7 Å². The molecule has 0 unspecified atom stereocenters. The predicted octanol–water partition coefficient (Wildman–Crippen LogP) is 5.40. The molecule has 7 heteroatoms. The van der Waals surface area contributed by atoms with Gasteiger partial charge >= 0.3 is 0 Å². The van der Waals surface area contributed by atoms with Crippen LogP contribution in [0.5, 0.6) is 0 Å². The number of halogens is 2. The zero-order valence-corrected chi connectivity index (χ0v) is 17.9. The van der Waals surface area contributed by atoms with Crippen LogP contribution in [0.15, 0.2) is 42.6 Å². The molecule has 0 saturated carbocycles. The number of piperidine rings is 1. The van der Waals surface area contributed by atoms with Crippen molar-refractivity contribution in [2.75, 3.05) is 25.5 Å². The number of hydrogen-bond donors (Lipinski definition) is 2. The van der Waals surface area contributed by atoms with Crippen molar-refractivity contribution in [2.24, 2.45) is 5.73 Å². The van der Waals surface area contributed by atoms with Crippen molar-refractivity contribution >= 4 is 57.1 Å². The maximum atomic E-state index is 6.54. The van der Waals surface area contributed by atoms with Crippen molar-refractivity contribution in [2.45, 2.75) is 18.8 Å². The van der Waals surface area contributed by atoms with Crippen LogP contribution >= 0.6 is 35.4 Å². The zero-order valence-electron chi connectivity index (χ0n) is 15.6. The molecule has 4 nitrogen and oxygen atoms in total. The molecule has 0 amide bonds. The summed E-state index contributed by atoms with van der Waals surface area (Å²) in [7, 11) is 2.18. The molecule has 146 valence electrons. The van der Waals surface area contributed by atoms with E-state index in [9.17, 15) is 0 Å². The molecule has 2 heterocycles. The van der Waals surface area contributed by atoms with Crippen LogP contribution in [0.25, 0.3) is 16.6 Å². The van der Waals surface area contributed by atoms with Crippen LogP contribution < -0.4 is 11.1 Å². The molecule has 0 bridgehead atoms. The molecule has 1 saturated heterocycles. The Bertz CT molecular complexity index is 1040. The number of likely N-dealkylation sites (tertiary alicyclic amines) is 1. The molecule has 3 aromatic rings. The van der Waals surface area contributed by atoms with Gasteiger partial charge in [0.2, 0.25) is 0 Å². The predicted molar refractivity (Wildman–Crippen MR) is 123 cm³/mol. The van der Waals surface area contributed by atoms with E-state index in [0.29, 0.717) is 16.0 Å². The second-order valence-electron chi connectivity index (χ2n) is 7.33. The molecule has 1 aromatic heterocycles. The average Bonchev–Trinajstić information content (AvgIpc) is 3.03.